The van der Waals surface area contributed by atoms with Crippen molar-refractivity contribution in [1.29, 1.82) is 0 Å². The van der Waals surface area contributed by atoms with E-state index in [-0.39, 0.29) is 24.8 Å². The topological polar surface area (TPSA) is 97.4 Å². The Morgan fingerprint density at radius 2 is 2.12 bits per heavy atom. The smallest absolute Gasteiger partial charge is 0.254 e. The molecule has 2 amide bonds. The third-order valence-electron chi connectivity index (χ3n) is 3.28. The average Bonchev–Trinajstić information content (AvgIpc) is 3.29. The molecule has 0 aliphatic heterocycles. The van der Waals surface area contributed by atoms with Crippen molar-refractivity contribution in [3.8, 4) is 11.3 Å². The predicted molar refractivity (Wildman–Crippen MR) is 86.2 cm³/mol. The van der Waals surface area contributed by atoms with Crippen molar-refractivity contribution >= 4 is 17.5 Å². The van der Waals surface area contributed by atoms with Crippen LogP contribution in [0.5, 0.6) is 0 Å². The molecule has 3 rings (SSSR count). The summed E-state index contributed by atoms with van der Waals surface area (Å²) in [7, 11) is 0. The molecule has 3 aromatic rings. The summed E-state index contributed by atoms with van der Waals surface area (Å²) >= 11 is 0. The number of hydrogen-bond donors (Lipinski definition) is 2. The van der Waals surface area contributed by atoms with E-state index in [9.17, 15) is 9.59 Å². The molecule has 0 aliphatic rings. The highest BCUT2D eigenvalue weighted by Crippen LogP contribution is 2.22. The molecule has 7 nitrogen and oxygen atoms in total. The van der Waals surface area contributed by atoms with Crippen molar-refractivity contribution in [2.24, 2.45) is 0 Å². The summed E-state index contributed by atoms with van der Waals surface area (Å²) in [6, 6.07) is 8.81. The minimum absolute atomic E-state index is 0.163. The molecule has 2 heterocycles. The van der Waals surface area contributed by atoms with Gasteiger partial charge in [0.05, 0.1) is 18.0 Å². The first-order valence-corrected chi connectivity index (χ1v) is 7.31. The van der Waals surface area contributed by atoms with Gasteiger partial charge in [0.15, 0.2) is 12.2 Å². The van der Waals surface area contributed by atoms with Crippen molar-refractivity contribution in [2.75, 3.05) is 11.9 Å². The molecule has 0 fully saturated rings. The molecule has 2 aromatic heterocycles. The Balaban J connectivity index is 1.50. The molecule has 0 aliphatic carbocycles. The minimum Gasteiger partial charge on any atom is -0.472 e. The standard InChI is InChI=1S/C17H15N3O4/c21-16(4-6-19-17(22)13-5-7-23-10-13)20-14-3-1-2-12(8-14)15-9-18-11-24-15/h1-3,5,7-11H,4,6H2,(H,19,22)(H,20,21). The molecule has 0 unspecified atom stereocenters. The summed E-state index contributed by atoms with van der Waals surface area (Å²) in [5, 5.41) is 5.43. The molecule has 0 radical (unpaired) electrons. The van der Waals surface area contributed by atoms with Crippen molar-refractivity contribution in [3.63, 3.8) is 0 Å². The summed E-state index contributed by atoms with van der Waals surface area (Å²) < 4.78 is 10.1. The van der Waals surface area contributed by atoms with E-state index in [0.717, 1.165) is 5.56 Å². The molecular formula is C17H15N3O4. The largest absolute Gasteiger partial charge is 0.472 e. The number of aromatic nitrogens is 1. The fourth-order valence-corrected chi connectivity index (χ4v) is 2.12. The lowest BCUT2D eigenvalue weighted by atomic mass is 10.1. The van der Waals surface area contributed by atoms with Gasteiger partial charge in [0, 0.05) is 24.2 Å². The molecule has 2 N–H and O–H groups in total. The first-order chi connectivity index (χ1) is 11.7. The third kappa shape index (κ3) is 3.89. The van der Waals surface area contributed by atoms with E-state index in [4.69, 9.17) is 8.83 Å². The highest BCUT2D eigenvalue weighted by Gasteiger charge is 2.08. The maximum atomic E-state index is 12.0. The summed E-state index contributed by atoms with van der Waals surface area (Å²) in [6.45, 7) is 0.234. The van der Waals surface area contributed by atoms with Gasteiger partial charge in [-0.3, -0.25) is 9.59 Å². The van der Waals surface area contributed by atoms with E-state index in [1.807, 2.05) is 12.1 Å². The van der Waals surface area contributed by atoms with Gasteiger partial charge in [0.25, 0.3) is 5.91 Å². The van der Waals surface area contributed by atoms with Crippen LogP contribution in [-0.4, -0.2) is 23.3 Å². The molecule has 0 atom stereocenters. The van der Waals surface area contributed by atoms with Crippen LogP contribution in [0.2, 0.25) is 0 Å². The zero-order valence-corrected chi connectivity index (χ0v) is 12.7. The van der Waals surface area contributed by atoms with Gasteiger partial charge >= 0.3 is 0 Å². The van der Waals surface area contributed by atoms with Crippen LogP contribution in [0.15, 0.2) is 64.3 Å². The monoisotopic (exact) mass is 325 g/mol. The van der Waals surface area contributed by atoms with Crippen LogP contribution >= 0.6 is 0 Å². The summed E-state index contributed by atoms with van der Waals surface area (Å²) in [4.78, 5) is 27.5. The van der Waals surface area contributed by atoms with E-state index in [1.54, 1.807) is 24.4 Å². The number of carbonyl (C=O) groups is 2. The number of benzene rings is 1. The van der Waals surface area contributed by atoms with Crippen molar-refractivity contribution in [3.05, 3.63) is 61.0 Å². The number of hydrogen-bond acceptors (Lipinski definition) is 5. The number of rotatable bonds is 6. The maximum Gasteiger partial charge on any atom is 0.254 e. The number of oxazole rings is 1. The number of amides is 2. The summed E-state index contributed by atoms with van der Waals surface area (Å²) in [5.41, 5.74) is 1.89. The van der Waals surface area contributed by atoms with Crippen LogP contribution in [0.1, 0.15) is 16.8 Å². The quantitative estimate of drug-likeness (QED) is 0.726. The molecule has 0 saturated heterocycles. The number of anilines is 1. The highest BCUT2D eigenvalue weighted by molar-refractivity contribution is 5.95. The second-order valence-corrected chi connectivity index (χ2v) is 5.01. The summed E-state index contributed by atoms with van der Waals surface area (Å²) in [5.74, 6) is 0.152. The number of nitrogens with one attached hydrogen (secondary N) is 2. The molecular weight excluding hydrogens is 310 g/mol. The van der Waals surface area contributed by atoms with Crippen LogP contribution in [0.4, 0.5) is 5.69 Å². The lowest BCUT2D eigenvalue weighted by molar-refractivity contribution is -0.116. The molecule has 122 valence electrons. The maximum absolute atomic E-state index is 12.0. The normalized spacial score (nSPS) is 10.3. The molecule has 0 saturated carbocycles. The van der Waals surface area contributed by atoms with E-state index >= 15 is 0 Å². The SMILES string of the molecule is O=C(CCNC(=O)c1ccoc1)Nc1cccc(-c2cnco2)c1. The van der Waals surface area contributed by atoms with E-state index in [1.165, 1.54) is 18.9 Å². The Hall–Kier alpha value is -3.35. The van der Waals surface area contributed by atoms with Gasteiger partial charge in [0.2, 0.25) is 5.91 Å². The van der Waals surface area contributed by atoms with Crippen LogP contribution in [0.3, 0.4) is 0 Å². The van der Waals surface area contributed by atoms with Crippen LogP contribution in [0.25, 0.3) is 11.3 Å². The lowest BCUT2D eigenvalue weighted by Gasteiger charge is -2.07. The van der Waals surface area contributed by atoms with Crippen molar-refractivity contribution in [2.45, 2.75) is 6.42 Å². The van der Waals surface area contributed by atoms with E-state index < -0.39 is 0 Å². The summed E-state index contributed by atoms with van der Waals surface area (Å²) in [6.07, 6.45) is 5.89. The second-order valence-electron chi connectivity index (χ2n) is 5.01. The van der Waals surface area contributed by atoms with E-state index in [0.29, 0.717) is 17.0 Å². The average molecular weight is 325 g/mol. The van der Waals surface area contributed by atoms with Gasteiger partial charge in [-0.25, -0.2) is 4.98 Å². The van der Waals surface area contributed by atoms with Crippen molar-refractivity contribution < 1.29 is 18.4 Å². The minimum atomic E-state index is -0.274. The molecule has 0 spiro atoms. The van der Waals surface area contributed by atoms with Crippen molar-refractivity contribution in [1.82, 2.24) is 10.3 Å². The Labute approximate surface area is 137 Å². The Kier molecular flexibility index (Phi) is 4.71. The van der Waals surface area contributed by atoms with Crippen LogP contribution < -0.4 is 10.6 Å². The van der Waals surface area contributed by atoms with Gasteiger partial charge in [-0.05, 0) is 18.2 Å². The Bertz CT molecular complexity index is 810. The number of nitrogens with zero attached hydrogens (tertiary/aromatic N) is 1. The van der Waals surface area contributed by atoms with Gasteiger partial charge < -0.3 is 19.5 Å². The van der Waals surface area contributed by atoms with Gasteiger partial charge in [-0.2, -0.15) is 0 Å². The highest BCUT2D eigenvalue weighted by atomic mass is 16.3. The molecule has 1 aromatic carbocycles. The fraction of sp³-hybridized carbons (Fsp3) is 0.118. The van der Waals surface area contributed by atoms with Gasteiger partial charge in [-0.15, -0.1) is 0 Å². The third-order valence-corrected chi connectivity index (χ3v) is 3.28. The fourth-order valence-electron chi connectivity index (χ4n) is 2.12. The molecule has 0 bridgehead atoms. The Morgan fingerprint density at radius 3 is 2.88 bits per heavy atom. The zero-order chi connectivity index (χ0) is 16.8. The number of carbonyl (C=O) groups excluding carboxylic acids is 2. The lowest BCUT2D eigenvalue weighted by Crippen LogP contribution is -2.27. The first kappa shape index (κ1) is 15.5. The number of furan rings is 1. The zero-order valence-electron chi connectivity index (χ0n) is 12.7. The molecule has 24 heavy (non-hydrogen) atoms. The van der Waals surface area contributed by atoms with Crippen LogP contribution in [0, 0.1) is 0 Å². The van der Waals surface area contributed by atoms with Gasteiger partial charge in [-0.1, -0.05) is 12.1 Å². The first-order valence-electron chi connectivity index (χ1n) is 7.31. The van der Waals surface area contributed by atoms with Gasteiger partial charge in [0.1, 0.15) is 6.26 Å². The predicted octanol–water partition coefficient (Wildman–Crippen LogP) is 2.69. The Morgan fingerprint density at radius 1 is 1.21 bits per heavy atom. The van der Waals surface area contributed by atoms with E-state index in [2.05, 4.69) is 15.6 Å². The molecule has 7 heteroatoms. The van der Waals surface area contributed by atoms with Crippen LogP contribution in [-0.2, 0) is 4.79 Å². The second kappa shape index (κ2) is 7.28.